The zero-order valence-corrected chi connectivity index (χ0v) is 34.5. The molecule has 1 aliphatic heterocycles. The molecule has 1 aliphatic carbocycles. The summed E-state index contributed by atoms with van der Waals surface area (Å²) in [6, 6.07) is 20.1. The van der Waals surface area contributed by atoms with Crippen molar-refractivity contribution < 1.29 is 67.8 Å². The van der Waals surface area contributed by atoms with E-state index in [9.17, 15) is 57.6 Å². The van der Waals surface area contributed by atoms with Crippen molar-refractivity contribution in [3.8, 4) is 5.75 Å². The molecule has 6 N–H and O–H groups in total. The van der Waals surface area contributed by atoms with Crippen molar-refractivity contribution in [2.45, 2.75) is 95.1 Å². The van der Waals surface area contributed by atoms with E-state index in [2.05, 4.69) is 23.6 Å². The molecule has 0 radical (unpaired) electrons. The number of nitrogens with zero attached hydrogens (tertiary/aromatic N) is 2. The van der Waals surface area contributed by atoms with Gasteiger partial charge >= 0.3 is 18.1 Å². The SMILES string of the molecule is CCCN(CC1CCN(C(=O)C2CCCCC2)CC1)C(C)Cc1ccc(OCC(F)(F)F)cc1.O.O=C(O)C(O)(C(=O)c1ccccc1)C(O)(C(=O)O)C(=O)c1ccccc1. The first kappa shape index (κ1) is 50.2. The number of piperidine rings is 1. The van der Waals surface area contributed by atoms with Gasteiger partial charge in [-0.25, -0.2) is 9.59 Å². The number of likely N-dealkylation sites (tertiary alicyclic amines) is 1. The zero-order valence-electron chi connectivity index (χ0n) is 34.5. The van der Waals surface area contributed by atoms with Crippen LogP contribution in [0.2, 0.25) is 0 Å². The summed E-state index contributed by atoms with van der Waals surface area (Å²) in [6.45, 7) is 6.98. The van der Waals surface area contributed by atoms with Crippen LogP contribution in [0, 0.1) is 11.8 Å². The van der Waals surface area contributed by atoms with Crippen LogP contribution in [0.25, 0.3) is 0 Å². The number of carbonyl (C=O) groups excluding carboxylic acids is 3. The predicted octanol–water partition coefficient (Wildman–Crippen LogP) is 5.65. The van der Waals surface area contributed by atoms with E-state index in [0.29, 0.717) is 17.9 Å². The molecule has 3 aromatic rings. The van der Waals surface area contributed by atoms with Gasteiger partial charge in [0.05, 0.1) is 0 Å². The maximum atomic E-state index is 12.9. The molecule has 3 atom stereocenters. The van der Waals surface area contributed by atoms with E-state index in [1.54, 1.807) is 12.1 Å². The number of ketones is 2. The van der Waals surface area contributed by atoms with E-state index < -0.39 is 58.6 Å². The predicted molar refractivity (Wildman–Crippen MR) is 219 cm³/mol. The molecule has 0 spiro atoms. The molecular weight excluding hydrogens is 801 g/mol. The number of halogens is 3. The second kappa shape index (κ2) is 22.6. The average molecular weight is 859 g/mol. The Balaban J connectivity index is 0.000000331. The van der Waals surface area contributed by atoms with E-state index in [1.165, 1.54) is 55.7 Å². The Bertz CT molecular complexity index is 1810. The van der Waals surface area contributed by atoms with E-state index >= 15 is 0 Å². The van der Waals surface area contributed by atoms with Crippen LogP contribution in [0.5, 0.6) is 5.75 Å². The van der Waals surface area contributed by atoms with Crippen LogP contribution < -0.4 is 4.74 Å². The number of hydrogen-bond donors (Lipinski definition) is 4. The highest BCUT2D eigenvalue weighted by Crippen LogP contribution is 2.32. The van der Waals surface area contributed by atoms with Crippen LogP contribution in [-0.4, -0.2) is 121 Å². The average Bonchev–Trinajstić information content (AvgIpc) is 3.25. The number of benzene rings is 3. The summed E-state index contributed by atoms with van der Waals surface area (Å²) < 4.78 is 41.8. The number of ether oxygens (including phenoxy) is 1. The standard InChI is InChI=1S/C27H41F3N2O2.C18H14O8.H2O/c1-3-15-32(21(2)18-22-9-11-25(12-10-22)34-20-27(28,29)30)19-23-13-16-31(17-14-23)26(33)24-7-5-4-6-8-24;19-13(11-7-3-1-4-8-11)17(25,15(21)22)18(26,16(23)24)14(20)12-9-5-2-6-10-12;/h9-12,21,23-24H,3-8,13-20H2,1-2H3;1-10,25-26H,(H,21,22)(H,23,24);1H2. The fourth-order valence-electron chi connectivity index (χ4n) is 7.84. The van der Waals surface area contributed by atoms with Crippen molar-refractivity contribution in [2.75, 3.05) is 32.8 Å². The second-order valence-electron chi connectivity index (χ2n) is 15.6. The Morgan fingerprint density at radius 1 is 0.754 bits per heavy atom. The normalized spacial score (nSPS) is 17.3. The van der Waals surface area contributed by atoms with Crippen LogP contribution in [-0.2, 0) is 20.8 Å². The molecule has 2 fully saturated rings. The highest BCUT2D eigenvalue weighted by molar-refractivity contribution is 6.28. The van der Waals surface area contributed by atoms with Crippen molar-refractivity contribution in [3.63, 3.8) is 0 Å². The van der Waals surface area contributed by atoms with Gasteiger partial charge in [-0.3, -0.25) is 14.4 Å². The molecule has 2 aliphatic rings. The van der Waals surface area contributed by atoms with Crippen LogP contribution in [0.1, 0.15) is 91.5 Å². The van der Waals surface area contributed by atoms with Crippen molar-refractivity contribution >= 4 is 29.4 Å². The first-order valence-electron chi connectivity index (χ1n) is 20.3. The topological polar surface area (TPSA) is 213 Å². The first-order valence-corrected chi connectivity index (χ1v) is 20.3. The lowest BCUT2D eigenvalue weighted by Gasteiger charge is -2.38. The molecule has 1 saturated carbocycles. The largest absolute Gasteiger partial charge is 0.484 e. The molecule has 1 saturated heterocycles. The van der Waals surface area contributed by atoms with Gasteiger partial charge in [0, 0.05) is 42.7 Å². The van der Waals surface area contributed by atoms with Crippen molar-refractivity contribution in [2.24, 2.45) is 11.8 Å². The molecule has 1 amide bonds. The quantitative estimate of drug-likeness (QED) is 0.0962. The number of carbonyl (C=O) groups is 5. The zero-order chi connectivity index (χ0) is 44.1. The maximum absolute atomic E-state index is 12.9. The van der Waals surface area contributed by atoms with E-state index in [4.69, 9.17) is 4.74 Å². The Hall–Kier alpha value is -5.16. The molecule has 0 bridgehead atoms. The van der Waals surface area contributed by atoms with Crippen LogP contribution >= 0.6 is 0 Å². The summed E-state index contributed by atoms with van der Waals surface area (Å²) in [5.74, 6) is -6.54. The second-order valence-corrected chi connectivity index (χ2v) is 15.6. The third-order valence-corrected chi connectivity index (χ3v) is 11.2. The van der Waals surface area contributed by atoms with Gasteiger partial charge in [-0.15, -0.1) is 0 Å². The Morgan fingerprint density at radius 2 is 1.23 bits per heavy atom. The third-order valence-electron chi connectivity index (χ3n) is 11.2. The van der Waals surface area contributed by atoms with Gasteiger partial charge in [-0.05, 0) is 75.6 Å². The number of alkyl halides is 3. The van der Waals surface area contributed by atoms with Gasteiger partial charge in [-0.2, -0.15) is 13.2 Å². The van der Waals surface area contributed by atoms with Crippen LogP contribution in [0.3, 0.4) is 0 Å². The lowest BCUT2D eigenvalue weighted by molar-refractivity contribution is -0.187. The summed E-state index contributed by atoms with van der Waals surface area (Å²) in [5, 5.41) is 39.9. The number of hydrogen-bond acceptors (Lipinski definition) is 9. The minimum atomic E-state index is -4.33. The van der Waals surface area contributed by atoms with E-state index in [1.807, 2.05) is 12.1 Å². The third kappa shape index (κ3) is 12.9. The van der Waals surface area contributed by atoms with Gasteiger partial charge < -0.3 is 40.4 Å². The lowest BCUT2D eigenvalue weighted by Crippen LogP contribution is -2.71. The minimum Gasteiger partial charge on any atom is -0.484 e. The molecular formula is C45H57F3N2O11. The minimum absolute atomic E-state index is 0. The van der Waals surface area contributed by atoms with E-state index in [-0.39, 0.29) is 17.1 Å². The Morgan fingerprint density at radius 3 is 1.66 bits per heavy atom. The molecule has 61 heavy (non-hydrogen) atoms. The van der Waals surface area contributed by atoms with Gasteiger partial charge in [0.25, 0.3) is 11.2 Å². The number of amides is 1. The van der Waals surface area contributed by atoms with Gasteiger partial charge in [0.2, 0.25) is 17.5 Å². The summed E-state index contributed by atoms with van der Waals surface area (Å²) in [6.07, 6.45) is 5.52. The highest BCUT2D eigenvalue weighted by Gasteiger charge is 2.69. The number of rotatable bonds is 17. The molecule has 13 nitrogen and oxygen atoms in total. The van der Waals surface area contributed by atoms with E-state index in [0.717, 1.165) is 94.5 Å². The maximum Gasteiger partial charge on any atom is 0.422 e. The lowest BCUT2D eigenvalue weighted by atomic mass is 9.73. The van der Waals surface area contributed by atoms with Crippen molar-refractivity contribution in [1.82, 2.24) is 9.80 Å². The highest BCUT2D eigenvalue weighted by atomic mass is 19.4. The van der Waals surface area contributed by atoms with Gasteiger partial charge in [0.1, 0.15) is 5.75 Å². The van der Waals surface area contributed by atoms with Gasteiger partial charge in [0.15, 0.2) is 6.61 Å². The summed E-state index contributed by atoms with van der Waals surface area (Å²) in [4.78, 5) is 66.0. The van der Waals surface area contributed by atoms with Crippen LogP contribution in [0.15, 0.2) is 84.9 Å². The Labute approximate surface area is 353 Å². The van der Waals surface area contributed by atoms with Crippen LogP contribution in [0.4, 0.5) is 13.2 Å². The molecule has 3 unspecified atom stereocenters. The van der Waals surface area contributed by atoms with Crippen molar-refractivity contribution in [3.05, 3.63) is 102 Å². The number of aliphatic carboxylic acids is 2. The van der Waals surface area contributed by atoms with Gasteiger partial charge in [-0.1, -0.05) is 99.0 Å². The molecule has 16 heteroatoms. The molecule has 1 heterocycles. The smallest absolute Gasteiger partial charge is 0.422 e. The molecule has 5 rings (SSSR count). The van der Waals surface area contributed by atoms with Crippen molar-refractivity contribution in [1.29, 1.82) is 0 Å². The summed E-state index contributed by atoms with van der Waals surface area (Å²) in [7, 11) is 0. The number of carboxylic acids is 2. The first-order chi connectivity index (χ1) is 28.4. The summed E-state index contributed by atoms with van der Waals surface area (Å²) >= 11 is 0. The number of aliphatic hydroxyl groups is 2. The fourth-order valence-corrected chi connectivity index (χ4v) is 7.84. The number of carboxylic acid groups (broad SMARTS) is 2. The molecule has 334 valence electrons. The Kier molecular flexibility index (Phi) is 18.6. The fraction of sp³-hybridized carbons (Fsp3) is 0.489. The number of Topliss-reactive ketones (excluding diaryl/α,β-unsaturated/α-hetero) is 2. The monoisotopic (exact) mass is 858 g/mol. The molecule has 3 aromatic carbocycles. The molecule has 0 aromatic heterocycles. The summed E-state index contributed by atoms with van der Waals surface area (Å²) in [5.41, 5.74) is -7.59.